The number of hydrogen-bond acceptors (Lipinski definition) is 9. The molecule has 5 heterocycles. The number of nitrogens with two attached hydrogens (primary N) is 1. The van der Waals surface area contributed by atoms with Crippen molar-refractivity contribution in [3.05, 3.63) is 35.1 Å². The normalized spacial score (nSPS) is 20.4. The van der Waals surface area contributed by atoms with E-state index in [0.717, 1.165) is 17.8 Å². The average molecular weight is 547 g/mol. The molecule has 3 saturated heterocycles. The maximum atomic E-state index is 16.4. The standard InChI is InChI=1S/C24H22ClF3N8S/c25-14-8-13-19(17(26)16(14)12-2-1-3-15-18(12)32-21(29)37-15)33-22(34-20(13)35-6-4-30-5-7-35)36-10-23(11-36)24(27,28)9-31-23/h1-3,8,30-31H,4-7,9-11H2,(H2,29,32). The summed E-state index contributed by atoms with van der Waals surface area (Å²) < 4.78 is 45.6. The lowest BCUT2D eigenvalue weighted by Gasteiger charge is -2.60. The van der Waals surface area contributed by atoms with E-state index in [9.17, 15) is 8.78 Å². The molecule has 4 aromatic rings. The molecule has 3 aliphatic heterocycles. The van der Waals surface area contributed by atoms with Gasteiger partial charge in [-0.3, -0.25) is 5.32 Å². The second-order valence-corrected chi connectivity index (χ2v) is 11.2. The predicted octanol–water partition coefficient (Wildman–Crippen LogP) is 3.49. The summed E-state index contributed by atoms with van der Waals surface area (Å²) >= 11 is 8.02. The fraction of sp³-hybridized carbons (Fsp3) is 0.375. The topological polar surface area (TPSA) is 95.2 Å². The van der Waals surface area contributed by atoms with Gasteiger partial charge in [0, 0.05) is 55.8 Å². The third-order valence-electron chi connectivity index (χ3n) is 7.53. The Labute approximate surface area is 218 Å². The first-order valence-corrected chi connectivity index (χ1v) is 13.1. The number of hydrogen-bond donors (Lipinski definition) is 3. The van der Waals surface area contributed by atoms with Crippen LogP contribution in [0.5, 0.6) is 0 Å². The average Bonchev–Trinajstić information content (AvgIpc) is 3.24. The molecule has 0 radical (unpaired) electrons. The third-order valence-corrected chi connectivity index (χ3v) is 8.67. The number of para-hydroxylation sites is 1. The Morgan fingerprint density at radius 3 is 2.54 bits per heavy atom. The van der Waals surface area contributed by atoms with Crippen molar-refractivity contribution >= 4 is 61.0 Å². The number of rotatable bonds is 3. The molecular weight excluding hydrogens is 525 g/mol. The Balaban J connectivity index is 1.40. The van der Waals surface area contributed by atoms with Gasteiger partial charge in [0.2, 0.25) is 5.95 Å². The molecule has 1 spiro atoms. The van der Waals surface area contributed by atoms with Crippen LogP contribution in [0.2, 0.25) is 5.02 Å². The minimum atomic E-state index is -2.79. The molecule has 2 aromatic heterocycles. The van der Waals surface area contributed by atoms with E-state index in [4.69, 9.17) is 22.3 Å². The van der Waals surface area contributed by atoms with Gasteiger partial charge in [0.15, 0.2) is 10.9 Å². The number of aromatic nitrogens is 3. The van der Waals surface area contributed by atoms with E-state index in [0.29, 0.717) is 40.5 Å². The van der Waals surface area contributed by atoms with E-state index < -0.39 is 17.3 Å². The molecule has 0 unspecified atom stereocenters. The first-order valence-electron chi connectivity index (χ1n) is 11.9. The van der Waals surface area contributed by atoms with Gasteiger partial charge >= 0.3 is 0 Å². The van der Waals surface area contributed by atoms with Gasteiger partial charge in [-0.15, -0.1) is 0 Å². The Hall–Kier alpha value is -2.93. The SMILES string of the molecule is Nc1nc2c(-c3c(Cl)cc4c(N5CCNCC5)nc(N5CC6(C5)NCC6(F)F)nc4c3F)cccc2s1. The van der Waals surface area contributed by atoms with Crippen LogP contribution in [0.3, 0.4) is 0 Å². The fourth-order valence-corrected chi connectivity index (χ4v) is 6.46. The number of nitrogen functional groups attached to an aromatic ring is 1. The van der Waals surface area contributed by atoms with E-state index in [2.05, 4.69) is 20.6 Å². The van der Waals surface area contributed by atoms with Crippen molar-refractivity contribution in [3.8, 4) is 11.1 Å². The quantitative estimate of drug-likeness (QED) is 0.359. The van der Waals surface area contributed by atoms with Gasteiger partial charge in [-0.1, -0.05) is 35.1 Å². The Bertz CT molecular complexity index is 1570. The first kappa shape index (κ1) is 23.2. The van der Waals surface area contributed by atoms with Crippen LogP contribution in [0, 0.1) is 5.82 Å². The number of halogens is 4. The zero-order valence-electron chi connectivity index (χ0n) is 19.5. The molecule has 3 aliphatic rings. The van der Waals surface area contributed by atoms with Crippen molar-refractivity contribution in [2.45, 2.75) is 11.5 Å². The summed E-state index contributed by atoms with van der Waals surface area (Å²) in [5.41, 5.74) is 5.99. The summed E-state index contributed by atoms with van der Waals surface area (Å²) in [4.78, 5) is 17.4. The van der Waals surface area contributed by atoms with Gasteiger partial charge in [-0.05, 0) is 12.1 Å². The summed E-state index contributed by atoms with van der Waals surface area (Å²) in [5, 5.41) is 7.21. The van der Waals surface area contributed by atoms with Crippen molar-refractivity contribution in [1.82, 2.24) is 25.6 Å². The first-order chi connectivity index (χ1) is 17.8. The summed E-state index contributed by atoms with van der Waals surface area (Å²) in [5.74, 6) is -2.63. The molecule has 0 bridgehead atoms. The predicted molar refractivity (Wildman–Crippen MR) is 141 cm³/mol. The number of nitrogens with zero attached hydrogens (tertiary/aromatic N) is 5. The molecule has 37 heavy (non-hydrogen) atoms. The van der Waals surface area contributed by atoms with Crippen LogP contribution < -0.4 is 26.2 Å². The number of piperazine rings is 1. The minimum Gasteiger partial charge on any atom is -0.375 e. The van der Waals surface area contributed by atoms with Crippen LogP contribution in [-0.4, -0.2) is 72.2 Å². The summed E-state index contributed by atoms with van der Waals surface area (Å²) in [6.45, 7) is 2.56. The highest BCUT2D eigenvalue weighted by atomic mass is 35.5. The monoisotopic (exact) mass is 546 g/mol. The van der Waals surface area contributed by atoms with Crippen molar-refractivity contribution < 1.29 is 13.2 Å². The third kappa shape index (κ3) is 3.39. The molecule has 0 aliphatic carbocycles. The smallest absolute Gasteiger partial charge is 0.281 e. The molecule has 8 nitrogen and oxygen atoms in total. The Morgan fingerprint density at radius 1 is 1.05 bits per heavy atom. The molecule has 0 atom stereocenters. The van der Waals surface area contributed by atoms with Gasteiger partial charge in [-0.2, -0.15) is 4.98 Å². The van der Waals surface area contributed by atoms with Crippen molar-refractivity contribution in [3.63, 3.8) is 0 Å². The number of alkyl halides is 2. The van der Waals surface area contributed by atoms with Crippen LogP contribution >= 0.6 is 22.9 Å². The van der Waals surface area contributed by atoms with E-state index >= 15 is 4.39 Å². The molecule has 4 N–H and O–H groups in total. The lowest BCUT2D eigenvalue weighted by molar-refractivity contribution is -0.165. The van der Waals surface area contributed by atoms with Crippen LogP contribution in [0.15, 0.2) is 24.3 Å². The van der Waals surface area contributed by atoms with Crippen LogP contribution in [0.25, 0.3) is 32.2 Å². The largest absolute Gasteiger partial charge is 0.375 e. The number of nitrogens with one attached hydrogen (secondary N) is 2. The lowest BCUT2D eigenvalue weighted by Crippen LogP contribution is -2.87. The summed E-state index contributed by atoms with van der Waals surface area (Å²) in [6, 6.07) is 7.11. The van der Waals surface area contributed by atoms with E-state index in [-0.39, 0.29) is 41.7 Å². The van der Waals surface area contributed by atoms with Gasteiger partial charge in [0.05, 0.1) is 21.8 Å². The van der Waals surface area contributed by atoms with Gasteiger partial charge in [0.25, 0.3) is 5.92 Å². The number of thiazole rings is 1. The lowest BCUT2D eigenvalue weighted by atomic mass is 9.77. The highest BCUT2D eigenvalue weighted by Gasteiger charge is 2.67. The van der Waals surface area contributed by atoms with E-state index in [1.807, 2.05) is 11.0 Å². The number of benzene rings is 2. The molecule has 192 valence electrons. The van der Waals surface area contributed by atoms with E-state index in [1.165, 1.54) is 11.3 Å². The van der Waals surface area contributed by atoms with Gasteiger partial charge in [-0.25, -0.2) is 23.1 Å². The minimum absolute atomic E-state index is 0.0476. The van der Waals surface area contributed by atoms with Gasteiger partial charge in [0.1, 0.15) is 16.9 Å². The fourth-order valence-electron chi connectivity index (χ4n) is 5.40. The highest BCUT2D eigenvalue weighted by Crippen LogP contribution is 2.46. The molecule has 13 heteroatoms. The molecule has 0 amide bonds. The maximum absolute atomic E-state index is 16.4. The van der Waals surface area contributed by atoms with Crippen molar-refractivity contribution in [2.75, 3.05) is 61.3 Å². The van der Waals surface area contributed by atoms with Crippen LogP contribution in [0.1, 0.15) is 0 Å². The van der Waals surface area contributed by atoms with E-state index in [1.54, 1.807) is 23.1 Å². The molecule has 2 aromatic carbocycles. The number of fused-ring (bicyclic) bond motifs is 2. The summed E-state index contributed by atoms with van der Waals surface area (Å²) in [7, 11) is 0. The van der Waals surface area contributed by atoms with Crippen LogP contribution in [0.4, 0.5) is 30.1 Å². The molecule has 7 rings (SSSR count). The van der Waals surface area contributed by atoms with Crippen LogP contribution in [-0.2, 0) is 0 Å². The highest BCUT2D eigenvalue weighted by molar-refractivity contribution is 7.22. The second-order valence-electron chi connectivity index (χ2n) is 9.73. The second kappa shape index (κ2) is 8.03. The number of anilines is 3. The zero-order valence-corrected chi connectivity index (χ0v) is 21.1. The van der Waals surface area contributed by atoms with Crippen molar-refractivity contribution in [2.24, 2.45) is 0 Å². The summed E-state index contributed by atoms with van der Waals surface area (Å²) in [6.07, 6.45) is 0. The Kier molecular flexibility index (Phi) is 5.04. The molecule has 0 saturated carbocycles. The van der Waals surface area contributed by atoms with Gasteiger partial charge < -0.3 is 20.9 Å². The molecular formula is C24H22ClF3N8S. The zero-order chi connectivity index (χ0) is 25.5. The Morgan fingerprint density at radius 2 is 1.84 bits per heavy atom. The van der Waals surface area contributed by atoms with Crippen molar-refractivity contribution in [1.29, 1.82) is 0 Å². The maximum Gasteiger partial charge on any atom is 0.281 e. The molecule has 3 fully saturated rings.